The summed E-state index contributed by atoms with van der Waals surface area (Å²) in [5.74, 6) is -1.59. The Balaban J connectivity index is 1.73. The molecular weight excluding hydrogens is 484 g/mol. The highest BCUT2D eigenvalue weighted by Gasteiger charge is 2.47. The third kappa shape index (κ3) is 5.75. The van der Waals surface area contributed by atoms with Crippen molar-refractivity contribution in [1.29, 1.82) is 0 Å². The van der Waals surface area contributed by atoms with Gasteiger partial charge in [-0.2, -0.15) is 0 Å². The van der Waals surface area contributed by atoms with Crippen molar-refractivity contribution in [3.8, 4) is 5.75 Å². The molecule has 1 aromatic heterocycles. The number of aliphatic hydroxyl groups is 1. The van der Waals surface area contributed by atoms with Gasteiger partial charge in [0.2, 0.25) is 0 Å². The summed E-state index contributed by atoms with van der Waals surface area (Å²) in [6.07, 6.45) is 3.00. The second-order valence-corrected chi connectivity index (χ2v) is 9.53. The zero-order chi connectivity index (χ0) is 27.4. The van der Waals surface area contributed by atoms with Crippen LogP contribution in [0.4, 0.5) is 5.69 Å². The number of aliphatic hydroxyl groups excluding tert-OH is 1. The van der Waals surface area contributed by atoms with Crippen molar-refractivity contribution in [3.05, 3.63) is 95.3 Å². The predicted octanol–water partition coefficient (Wildman–Crippen LogP) is 4.99. The molecule has 0 bridgehead atoms. The highest BCUT2D eigenvalue weighted by molar-refractivity contribution is 6.51. The summed E-state index contributed by atoms with van der Waals surface area (Å²) in [7, 11) is 0. The van der Waals surface area contributed by atoms with E-state index in [4.69, 9.17) is 9.47 Å². The summed E-state index contributed by atoms with van der Waals surface area (Å²) in [5, 5.41) is 11.3. The number of esters is 1. The number of anilines is 1. The Morgan fingerprint density at radius 3 is 2.24 bits per heavy atom. The van der Waals surface area contributed by atoms with Crippen molar-refractivity contribution in [2.24, 2.45) is 0 Å². The molecule has 0 radical (unpaired) electrons. The molecule has 0 aliphatic carbocycles. The number of Topliss-reactive ketones (excluding diaryl/α,β-unsaturated/α-hetero) is 1. The number of rotatable bonds is 8. The van der Waals surface area contributed by atoms with Gasteiger partial charge in [0, 0.05) is 23.6 Å². The molecule has 196 valence electrons. The minimum absolute atomic E-state index is 0.0161. The summed E-state index contributed by atoms with van der Waals surface area (Å²) in [5.41, 5.74) is 2.06. The molecule has 4 rings (SSSR count). The van der Waals surface area contributed by atoms with Crippen molar-refractivity contribution < 1.29 is 29.0 Å². The Hall–Kier alpha value is -4.46. The number of hydrogen-bond acceptors (Lipinski definition) is 7. The van der Waals surface area contributed by atoms with Crippen LogP contribution in [-0.4, -0.2) is 40.0 Å². The predicted molar refractivity (Wildman–Crippen MR) is 143 cm³/mol. The standard InChI is InChI=1S/C30H30N2O6/c1-18(2)37-24-13-9-21(10-14-24)28(34)26-27(22-6-5-15-31-17-22)32(30(36)29(26)35)23-11-7-20(8-12-23)16-25(33)38-19(3)4/h5-15,17-19,27,34H,16H2,1-4H3/b28-26-. The Labute approximate surface area is 221 Å². The average Bonchev–Trinajstić information content (AvgIpc) is 3.14. The normalized spacial score (nSPS) is 16.8. The molecule has 1 atom stereocenters. The third-order valence-corrected chi connectivity index (χ3v) is 5.87. The molecule has 0 spiro atoms. The summed E-state index contributed by atoms with van der Waals surface area (Å²) in [4.78, 5) is 44.2. The number of aromatic nitrogens is 1. The van der Waals surface area contributed by atoms with E-state index in [1.54, 1.807) is 86.9 Å². The van der Waals surface area contributed by atoms with Crippen molar-refractivity contribution >= 4 is 29.1 Å². The Morgan fingerprint density at radius 1 is 0.974 bits per heavy atom. The van der Waals surface area contributed by atoms with Crippen molar-refractivity contribution in [3.63, 3.8) is 0 Å². The first-order chi connectivity index (χ1) is 18.2. The van der Waals surface area contributed by atoms with Crippen molar-refractivity contribution in [1.82, 2.24) is 4.98 Å². The largest absolute Gasteiger partial charge is 0.507 e. The van der Waals surface area contributed by atoms with Gasteiger partial charge >= 0.3 is 5.97 Å². The zero-order valence-electron chi connectivity index (χ0n) is 21.8. The van der Waals surface area contributed by atoms with Crippen molar-refractivity contribution in [2.75, 3.05) is 4.90 Å². The van der Waals surface area contributed by atoms with E-state index in [2.05, 4.69) is 4.98 Å². The molecule has 3 aromatic rings. The fourth-order valence-electron chi connectivity index (χ4n) is 4.32. The first kappa shape index (κ1) is 26.6. The molecule has 1 aliphatic heterocycles. The van der Waals surface area contributed by atoms with E-state index in [1.165, 1.54) is 4.90 Å². The molecule has 1 N–H and O–H groups in total. The number of carbonyl (C=O) groups excluding carboxylic acids is 3. The van der Waals surface area contributed by atoms with E-state index in [-0.39, 0.29) is 35.9 Å². The van der Waals surface area contributed by atoms with E-state index >= 15 is 0 Å². The molecule has 2 heterocycles. The maximum absolute atomic E-state index is 13.3. The monoisotopic (exact) mass is 514 g/mol. The molecule has 1 unspecified atom stereocenters. The second-order valence-electron chi connectivity index (χ2n) is 9.53. The van der Waals surface area contributed by atoms with E-state index < -0.39 is 17.7 Å². The summed E-state index contributed by atoms with van der Waals surface area (Å²) in [6.45, 7) is 7.38. The van der Waals surface area contributed by atoms with Crippen LogP contribution in [0.15, 0.2) is 78.6 Å². The molecule has 0 saturated carbocycles. The Morgan fingerprint density at radius 2 is 1.66 bits per heavy atom. The SMILES string of the molecule is CC(C)OC(=O)Cc1ccc(N2C(=O)C(=O)/C(=C(\O)c3ccc(OC(C)C)cc3)C2c2cccnc2)cc1. The van der Waals surface area contributed by atoms with Crippen LogP contribution in [0.2, 0.25) is 0 Å². The number of pyridine rings is 1. The van der Waals surface area contributed by atoms with Gasteiger partial charge in [-0.15, -0.1) is 0 Å². The lowest BCUT2D eigenvalue weighted by molar-refractivity contribution is -0.146. The molecule has 1 fully saturated rings. The Kier molecular flexibility index (Phi) is 7.90. The molecule has 38 heavy (non-hydrogen) atoms. The van der Waals surface area contributed by atoms with Crippen LogP contribution in [0.1, 0.15) is 50.4 Å². The molecule has 1 aliphatic rings. The van der Waals surface area contributed by atoms with E-state index in [1.807, 2.05) is 13.8 Å². The minimum Gasteiger partial charge on any atom is -0.507 e. The van der Waals surface area contributed by atoms with Crippen LogP contribution >= 0.6 is 0 Å². The fourth-order valence-corrected chi connectivity index (χ4v) is 4.32. The molecule has 2 aromatic carbocycles. The molecule has 8 heteroatoms. The van der Waals surface area contributed by atoms with Gasteiger partial charge in [0.25, 0.3) is 11.7 Å². The van der Waals surface area contributed by atoms with Crippen LogP contribution in [0.25, 0.3) is 5.76 Å². The minimum atomic E-state index is -0.896. The number of ether oxygens (including phenoxy) is 2. The summed E-state index contributed by atoms with van der Waals surface area (Å²) < 4.78 is 10.9. The van der Waals surface area contributed by atoms with Crippen molar-refractivity contribution in [2.45, 2.75) is 52.4 Å². The first-order valence-electron chi connectivity index (χ1n) is 12.4. The highest BCUT2D eigenvalue weighted by Crippen LogP contribution is 2.42. The quantitative estimate of drug-likeness (QED) is 0.195. The lowest BCUT2D eigenvalue weighted by atomic mass is 9.96. The van der Waals surface area contributed by atoms with Crippen LogP contribution in [0.3, 0.4) is 0 Å². The van der Waals surface area contributed by atoms with Crippen LogP contribution in [-0.2, 0) is 25.5 Å². The maximum Gasteiger partial charge on any atom is 0.310 e. The average molecular weight is 515 g/mol. The van der Waals surface area contributed by atoms with Gasteiger partial charge in [0.1, 0.15) is 11.5 Å². The lowest BCUT2D eigenvalue weighted by Gasteiger charge is -2.25. The van der Waals surface area contributed by atoms with E-state index in [0.717, 1.165) is 0 Å². The Bertz CT molecular complexity index is 1350. The first-order valence-corrected chi connectivity index (χ1v) is 12.4. The molecule has 8 nitrogen and oxygen atoms in total. The van der Waals surface area contributed by atoms with E-state index in [0.29, 0.717) is 28.1 Å². The number of amides is 1. The van der Waals surface area contributed by atoms with Gasteiger partial charge < -0.3 is 14.6 Å². The smallest absolute Gasteiger partial charge is 0.310 e. The van der Waals surface area contributed by atoms with Gasteiger partial charge in [-0.25, -0.2) is 0 Å². The maximum atomic E-state index is 13.3. The molecule has 1 amide bonds. The fraction of sp³-hybridized carbons (Fsp3) is 0.267. The van der Waals surface area contributed by atoms with Crippen LogP contribution < -0.4 is 9.64 Å². The second kappa shape index (κ2) is 11.3. The van der Waals surface area contributed by atoms with Gasteiger partial charge in [0.15, 0.2) is 0 Å². The van der Waals surface area contributed by atoms with E-state index in [9.17, 15) is 19.5 Å². The number of benzene rings is 2. The van der Waals surface area contributed by atoms with Gasteiger partial charge in [-0.1, -0.05) is 18.2 Å². The summed E-state index contributed by atoms with van der Waals surface area (Å²) in [6, 6.07) is 16.0. The number of carbonyl (C=O) groups is 3. The third-order valence-electron chi connectivity index (χ3n) is 5.87. The number of ketones is 1. The highest BCUT2D eigenvalue weighted by atomic mass is 16.5. The zero-order valence-corrected chi connectivity index (χ0v) is 21.8. The molecule has 1 saturated heterocycles. The lowest BCUT2D eigenvalue weighted by Crippen LogP contribution is -2.29. The van der Waals surface area contributed by atoms with Gasteiger partial charge in [-0.05, 0) is 81.3 Å². The number of nitrogens with zero attached hydrogens (tertiary/aromatic N) is 2. The number of hydrogen-bond donors (Lipinski definition) is 1. The topological polar surface area (TPSA) is 106 Å². The molecular formula is C30H30N2O6. The van der Waals surface area contributed by atoms with Gasteiger partial charge in [0.05, 0.1) is 30.2 Å². The van der Waals surface area contributed by atoms with Crippen LogP contribution in [0.5, 0.6) is 5.75 Å². The summed E-state index contributed by atoms with van der Waals surface area (Å²) >= 11 is 0. The van der Waals surface area contributed by atoms with Gasteiger partial charge in [-0.3, -0.25) is 24.3 Å². The van der Waals surface area contributed by atoms with Crippen LogP contribution in [0, 0.1) is 0 Å².